The third-order valence-electron chi connectivity index (χ3n) is 2.37. The second-order valence-corrected chi connectivity index (χ2v) is 3.95. The molecule has 0 saturated heterocycles. The molecule has 0 radical (unpaired) electrons. The number of hydrogen-bond donors (Lipinski definition) is 2. The summed E-state index contributed by atoms with van der Waals surface area (Å²) in [5.41, 5.74) is 1.47. The predicted molar refractivity (Wildman–Crippen MR) is 69.4 cm³/mol. The van der Waals surface area contributed by atoms with Crippen LogP contribution in [0.1, 0.15) is 12.0 Å². The molecule has 0 aliphatic rings. The van der Waals surface area contributed by atoms with Crippen molar-refractivity contribution in [3.05, 3.63) is 23.8 Å². The van der Waals surface area contributed by atoms with Crippen LogP contribution >= 0.6 is 0 Å². The van der Waals surface area contributed by atoms with Gasteiger partial charge in [0, 0.05) is 12.8 Å². The summed E-state index contributed by atoms with van der Waals surface area (Å²) in [6, 6.07) is 4.97. The summed E-state index contributed by atoms with van der Waals surface area (Å²) in [7, 11) is 1.53. The molecule has 1 amide bonds. The Morgan fingerprint density at radius 2 is 2.11 bits per heavy atom. The van der Waals surface area contributed by atoms with Gasteiger partial charge < -0.3 is 19.9 Å². The number of benzene rings is 1. The number of hydrogen-bond acceptors (Lipinski definition) is 4. The molecule has 0 bridgehead atoms. The average molecular weight is 267 g/mol. The van der Waals surface area contributed by atoms with E-state index >= 15 is 0 Å². The monoisotopic (exact) mass is 267 g/mol. The van der Waals surface area contributed by atoms with E-state index in [9.17, 15) is 9.59 Å². The zero-order chi connectivity index (χ0) is 14.3. The zero-order valence-electron chi connectivity index (χ0n) is 10.9. The Bertz CT molecular complexity index is 458. The van der Waals surface area contributed by atoms with Crippen molar-refractivity contribution in [1.29, 1.82) is 0 Å². The molecule has 0 unspecified atom stereocenters. The van der Waals surface area contributed by atoms with Gasteiger partial charge in [0.2, 0.25) is 5.91 Å². The van der Waals surface area contributed by atoms with E-state index in [4.69, 9.17) is 14.6 Å². The molecule has 0 heterocycles. The fourth-order valence-electron chi connectivity index (χ4n) is 1.42. The highest BCUT2D eigenvalue weighted by Crippen LogP contribution is 2.21. The van der Waals surface area contributed by atoms with Crippen molar-refractivity contribution in [2.45, 2.75) is 13.3 Å². The lowest BCUT2D eigenvalue weighted by molar-refractivity contribution is -0.139. The molecule has 0 aliphatic heterocycles. The lowest BCUT2D eigenvalue weighted by Gasteiger charge is -2.10. The van der Waals surface area contributed by atoms with Gasteiger partial charge in [-0.25, -0.2) is 4.79 Å². The summed E-state index contributed by atoms with van der Waals surface area (Å²) in [6.07, 6.45) is 0.285. The number of amides is 1. The number of carboxylic acids is 1. The molecule has 104 valence electrons. The van der Waals surface area contributed by atoms with Crippen LogP contribution in [0.4, 0.5) is 5.69 Å². The van der Waals surface area contributed by atoms with Crippen molar-refractivity contribution in [1.82, 2.24) is 0 Å². The van der Waals surface area contributed by atoms with Gasteiger partial charge in [-0.15, -0.1) is 0 Å². The number of methoxy groups -OCH3 is 1. The number of aryl methyl sites for hydroxylation is 1. The fraction of sp³-hybridized carbons (Fsp3) is 0.385. The molecule has 0 aromatic heterocycles. The molecule has 0 atom stereocenters. The minimum absolute atomic E-state index is 0.135. The Hall–Kier alpha value is -2.08. The lowest BCUT2D eigenvalue weighted by Crippen LogP contribution is -2.14. The molecule has 19 heavy (non-hydrogen) atoms. The Balaban J connectivity index is 2.61. The van der Waals surface area contributed by atoms with E-state index in [1.54, 1.807) is 25.1 Å². The summed E-state index contributed by atoms with van der Waals surface area (Å²) in [5, 5.41) is 11.3. The van der Waals surface area contributed by atoms with E-state index in [2.05, 4.69) is 5.32 Å². The zero-order valence-corrected chi connectivity index (χ0v) is 10.9. The summed E-state index contributed by atoms with van der Waals surface area (Å²) in [4.78, 5) is 21.9. The second-order valence-electron chi connectivity index (χ2n) is 3.95. The van der Waals surface area contributed by atoms with Crippen molar-refractivity contribution < 1.29 is 24.2 Å². The number of anilines is 1. The van der Waals surface area contributed by atoms with E-state index in [0.29, 0.717) is 18.0 Å². The standard InChI is InChI=1S/C13H17NO5/c1-9-7-10(19-8-13(16)17)3-4-11(9)14-12(15)5-6-18-2/h3-4,7H,5-6,8H2,1-2H3,(H,14,15)(H,16,17). The number of nitrogens with one attached hydrogen (secondary N) is 1. The Morgan fingerprint density at radius 1 is 1.37 bits per heavy atom. The third kappa shape index (κ3) is 5.39. The van der Waals surface area contributed by atoms with Crippen molar-refractivity contribution in [2.24, 2.45) is 0 Å². The minimum Gasteiger partial charge on any atom is -0.482 e. The molecule has 2 N–H and O–H groups in total. The first kappa shape index (κ1) is 15.0. The van der Waals surface area contributed by atoms with E-state index in [1.165, 1.54) is 7.11 Å². The van der Waals surface area contributed by atoms with E-state index < -0.39 is 5.97 Å². The van der Waals surface area contributed by atoms with Gasteiger partial charge in [0.15, 0.2) is 6.61 Å². The summed E-state index contributed by atoms with van der Waals surface area (Å²) >= 11 is 0. The van der Waals surface area contributed by atoms with E-state index in [-0.39, 0.29) is 18.9 Å². The highest BCUT2D eigenvalue weighted by Gasteiger charge is 2.06. The van der Waals surface area contributed by atoms with Crippen LogP contribution in [0.15, 0.2) is 18.2 Å². The number of ether oxygens (including phenoxy) is 2. The second kappa shape index (κ2) is 7.38. The maximum absolute atomic E-state index is 11.5. The normalized spacial score (nSPS) is 10.0. The molecule has 0 aliphatic carbocycles. The van der Waals surface area contributed by atoms with Gasteiger partial charge >= 0.3 is 5.97 Å². The number of rotatable bonds is 7. The number of carbonyl (C=O) groups excluding carboxylic acids is 1. The van der Waals surface area contributed by atoms with Crippen LogP contribution in [0.25, 0.3) is 0 Å². The topological polar surface area (TPSA) is 84.9 Å². The number of carboxylic acid groups (broad SMARTS) is 1. The average Bonchev–Trinajstić information content (AvgIpc) is 2.36. The van der Waals surface area contributed by atoms with Gasteiger partial charge in [-0.2, -0.15) is 0 Å². The Labute approximate surface area is 111 Å². The van der Waals surface area contributed by atoms with Crippen LogP contribution in [0.3, 0.4) is 0 Å². The molecule has 1 aromatic carbocycles. The highest BCUT2D eigenvalue weighted by molar-refractivity contribution is 5.91. The van der Waals surface area contributed by atoms with Gasteiger partial charge in [-0.3, -0.25) is 4.79 Å². The smallest absolute Gasteiger partial charge is 0.341 e. The third-order valence-corrected chi connectivity index (χ3v) is 2.37. The first-order chi connectivity index (χ1) is 9.02. The van der Waals surface area contributed by atoms with Crippen LogP contribution in [0.5, 0.6) is 5.75 Å². The van der Waals surface area contributed by atoms with Crippen LogP contribution in [0.2, 0.25) is 0 Å². The lowest BCUT2D eigenvalue weighted by atomic mass is 10.2. The largest absolute Gasteiger partial charge is 0.482 e. The molecule has 1 rings (SSSR count). The molecular weight excluding hydrogens is 250 g/mol. The number of aliphatic carboxylic acids is 1. The molecule has 0 spiro atoms. The maximum Gasteiger partial charge on any atom is 0.341 e. The Kier molecular flexibility index (Phi) is 5.81. The molecule has 0 fully saturated rings. The molecule has 6 nitrogen and oxygen atoms in total. The van der Waals surface area contributed by atoms with Gasteiger partial charge in [0.05, 0.1) is 13.0 Å². The van der Waals surface area contributed by atoms with Crippen LogP contribution in [-0.2, 0) is 14.3 Å². The van der Waals surface area contributed by atoms with Crippen LogP contribution < -0.4 is 10.1 Å². The van der Waals surface area contributed by atoms with E-state index in [0.717, 1.165) is 5.56 Å². The summed E-state index contributed by atoms with van der Waals surface area (Å²) < 4.78 is 9.86. The molecule has 6 heteroatoms. The molecule has 0 saturated carbocycles. The van der Waals surface area contributed by atoms with Crippen molar-refractivity contribution >= 4 is 17.6 Å². The van der Waals surface area contributed by atoms with Gasteiger partial charge in [-0.05, 0) is 30.7 Å². The first-order valence-corrected chi connectivity index (χ1v) is 5.77. The summed E-state index contributed by atoms with van der Waals surface area (Å²) in [5.74, 6) is -0.714. The predicted octanol–water partition coefficient (Wildman–Crippen LogP) is 1.43. The quantitative estimate of drug-likeness (QED) is 0.780. The Morgan fingerprint density at radius 3 is 2.68 bits per heavy atom. The fourth-order valence-corrected chi connectivity index (χ4v) is 1.42. The first-order valence-electron chi connectivity index (χ1n) is 5.77. The SMILES string of the molecule is COCCC(=O)Nc1ccc(OCC(=O)O)cc1C. The molecular formula is C13H17NO5. The summed E-state index contributed by atoms with van der Waals surface area (Å²) in [6.45, 7) is 1.78. The minimum atomic E-state index is -1.03. The van der Waals surface area contributed by atoms with Gasteiger partial charge in [0.25, 0.3) is 0 Å². The highest BCUT2D eigenvalue weighted by atomic mass is 16.5. The van der Waals surface area contributed by atoms with Gasteiger partial charge in [-0.1, -0.05) is 0 Å². The van der Waals surface area contributed by atoms with Crippen molar-refractivity contribution in [3.63, 3.8) is 0 Å². The van der Waals surface area contributed by atoms with Crippen molar-refractivity contribution in [2.75, 3.05) is 25.6 Å². The maximum atomic E-state index is 11.5. The van der Waals surface area contributed by atoms with Gasteiger partial charge in [0.1, 0.15) is 5.75 Å². The molecule has 1 aromatic rings. The van der Waals surface area contributed by atoms with E-state index in [1.807, 2.05) is 0 Å². The van der Waals surface area contributed by atoms with Crippen molar-refractivity contribution in [3.8, 4) is 5.75 Å². The number of carbonyl (C=O) groups is 2. The van der Waals surface area contributed by atoms with Crippen LogP contribution in [-0.4, -0.2) is 37.3 Å². The van der Waals surface area contributed by atoms with Crippen LogP contribution in [0, 0.1) is 6.92 Å².